The van der Waals surface area contributed by atoms with Gasteiger partial charge in [-0.25, -0.2) is 8.42 Å². The Hall–Kier alpha value is -0.910. The highest BCUT2D eigenvalue weighted by Crippen LogP contribution is 2.31. The van der Waals surface area contributed by atoms with Crippen LogP contribution in [0, 0.1) is 5.41 Å². The van der Waals surface area contributed by atoms with Gasteiger partial charge >= 0.3 is 0 Å². The molecule has 0 fully saturated rings. The van der Waals surface area contributed by atoms with E-state index in [2.05, 4.69) is 0 Å². The lowest BCUT2D eigenvalue weighted by Gasteiger charge is -2.34. The minimum Gasteiger partial charge on any atom is -0.396 e. The first-order valence-electron chi connectivity index (χ1n) is 6.85. The van der Waals surface area contributed by atoms with Gasteiger partial charge in [0.25, 0.3) is 0 Å². The maximum absolute atomic E-state index is 12.7. The average molecular weight is 300 g/mol. The number of hydrogen-bond donors (Lipinski definition) is 2. The quantitative estimate of drug-likeness (QED) is 0.808. The van der Waals surface area contributed by atoms with Crippen LogP contribution >= 0.6 is 0 Å². The van der Waals surface area contributed by atoms with Crippen molar-refractivity contribution in [3.63, 3.8) is 0 Å². The van der Waals surface area contributed by atoms with Crippen molar-refractivity contribution in [1.29, 1.82) is 0 Å². The molecule has 20 heavy (non-hydrogen) atoms. The molecule has 114 valence electrons. The first-order chi connectivity index (χ1) is 9.27. The summed E-state index contributed by atoms with van der Waals surface area (Å²) in [6, 6.07) is 8.16. The summed E-state index contributed by atoms with van der Waals surface area (Å²) in [5.41, 5.74) is -0.859. The van der Waals surface area contributed by atoms with E-state index in [0.29, 0.717) is 12.8 Å². The van der Waals surface area contributed by atoms with Crippen molar-refractivity contribution in [3.8, 4) is 0 Å². The Morgan fingerprint density at radius 3 is 2.20 bits per heavy atom. The second-order valence-corrected chi connectivity index (χ2v) is 7.94. The molecule has 0 saturated carbocycles. The van der Waals surface area contributed by atoms with Gasteiger partial charge in [0, 0.05) is 5.41 Å². The Labute approximate surface area is 121 Å². The number of aliphatic hydroxyl groups excluding tert-OH is 2. The van der Waals surface area contributed by atoms with E-state index in [9.17, 15) is 18.6 Å². The molecule has 0 aliphatic carbocycles. The number of rotatable bonds is 7. The van der Waals surface area contributed by atoms with E-state index in [1.807, 2.05) is 6.92 Å². The second kappa shape index (κ2) is 6.70. The molecular weight excluding hydrogens is 276 g/mol. The summed E-state index contributed by atoms with van der Waals surface area (Å²) in [7, 11) is -3.62. The Morgan fingerprint density at radius 2 is 1.75 bits per heavy atom. The van der Waals surface area contributed by atoms with E-state index in [4.69, 9.17) is 0 Å². The van der Waals surface area contributed by atoms with E-state index in [0.717, 1.165) is 0 Å². The first kappa shape index (κ1) is 17.1. The van der Waals surface area contributed by atoms with Gasteiger partial charge in [-0.1, -0.05) is 45.4 Å². The molecule has 0 saturated heterocycles. The molecule has 4 nitrogen and oxygen atoms in total. The molecular formula is C15H24O4S. The van der Waals surface area contributed by atoms with Crippen LogP contribution in [0.4, 0.5) is 0 Å². The van der Waals surface area contributed by atoms with Crippen molar-refractivity contribution >= 4 is 9.84 Å². The Bertz CT molecular complexity index is 508. The van der Waals surface area contributed by atoms with Crippen LogP contribution in [0.15, 0.2) is 35.2 Å². The number of aliphatic hydroxyl groups is 2. The zero-order valence-corrected chi connectivity index (χ0v) is 13.1. The van der Waals surface area contributed by atoms with Crippen LogP contribution in [-0.2, 0) is 9.84 Å². The molecule has 1 aromatic rings. The third-order valence-electron chi connectivity index (χ3n) is 3.60. The van der Waals surface area contributed by atoms with E-state index < -0.39 is 26.6 Å². The van der Waals surface area contributed by atoms with Gasteiger partial charge in [-0.2, -0.15) is 0 Å². The van der Waals surface area contributed by atoms with E-state index in [1.54, 1.807) is 32.0 Å². The van der Waals surface area contributed by atoms with Gasteiger partial charge in [0.15, 0.2) is 9.84 Å². The highest BCUT2D eigenvalue weighted by atomic mass is 32.2. The van der Waals surface area contributed by atoms with Crippen molar-refractivity contribution in [2.75, 3.05) is 6.61 Å². The van der Waals surface area contributed by atoms with Crippen molar-refractivity contribution in [2.45, 2.75) is 49.9 Å². The molecule has 2 N–H and O–H groups in total. The molecule has 5 heteroatoms. The lowest BCUT2D eigenvalue weighted by molar-refractivity contribution is 0.00405. The molecule has 0 aromatic heterocycles. The highest BCUT2D eigenvalue weighted by Gasteiger charge is 2.41. The average Bonchev–Trinajstić information content (AvgIpc) is 2.44. The third kappa shape index (κ3) is 3.59. The molecule has 0 aliphatic heterocycles. The third-order valence-corrected chi connectivity index (χ3v) is 5.82. The summed E-state index contributed by atoms with van der Waals surface area (Å²) in [5, 5.41) is 18.9. The molecule has 0 bridgehead atoms. The van der Waals surface area contributed by atoms with Crippen LogP contribution in [0.2, 0.25) is 0 Å². The molecule has 2 atom stereocenters. The fraction of sp³-hybridized carbons (Fsp3) is 0.600. The summed E-state index contributed by atoms with van der Waals surface area (Å²) >= 11 is 0. The smallest absolute Gasteiger partial charge is 0.183 e. The Morgan fingerprint density at radius 1 is 1.20 bits per heavy atom. The zero-order chi connectivity index (χ0) is 15.4. The van der Waals surface area contributed by atoms with Crippen LogP contribution in [0.25, 0.3) is 0 Å². The van der Waals surface area contributed by atoms with Gasteiger partial charge in [-0.3, -0.25) is 0 Å². The van der Waals surface area contributed by atoms with Crippen molar-refractivity contribution in [2.24, 2.45) is 5.41 Å². The van der Waals surface area contributed by atoms with Crippen LogP contribution in [0.5, 0.6) is 0 Å². The minimum absolute atomic E-state index is 0.214. The van der Waals surface area contributed by atoms with Crippen LogP contribution in [0.3, 0.4) is 0 Å². The van der Waals surface area contributed by atoms with Crippen molar-refractivity contribution < 1.29 is 18.6 Å². The lowest BCUT2D eigenvalue weighted by atomic mass is 9.84. The number of benzene rings is 1. The summed E-state index contributed by atoms with van der Waals surface area (Å²) < 4.78 is 25.4. The first-order valence-corrected chi connectivity index (χ1v) is 8.40. The van der Waals surface area contributed by atoms with Gasteiger partial charge in [0.2, 0.25) is 0 Å². The molecule has 0 unspecified atom stereocenters. The van der Waals surface area contributed by atoms with Gasteiger partial charge in [-0.15, -0.1) is 0 Å². The summed E-state index contributed by atoms with van der Waals surface area (Å²) in [6.45, 7) is 4.95. The molecule has 1 aromatic carbocycles. The van der Waals surface area contributed by atoms with Gasteiger partial charge < -0.3 is 10.2 Å². The fourth-order valence-electron chi connectivity index (χ4n) is 2.15. The predicted molar refractivity (Wildman–Crippen MR) is 79.2 cm³/mol. The Balaban J connectivity index is 3.20. The molecule has 1 rings (SSSR count). The van der Waals surface area contributed by atoms with Crippen LogP contribution < -0.4 is 0 Å². The lowest BCUT2D eigenvalue weighted by Crippen LogP contribution is -2.45. The topological polar surface area (TPSA) is 74.6 Å². The van der Waals surface area contributed by atoms with Gasteiger partial charge in [0.1, 0.15) is 0 Å². The van der Waals surface area contributed by atoms with Gasteiger partial charge in [-0.05, 0) is 18.6 Å². The standard InChI is InChI=1S/C15H24O4S/c1-4-8-13(14(17)15(2,3)11-16)20(18,19)12-9-6-5-7-10-12/h5-7,9-10,13-14,16-17H,4,8,11H2,1-3H3/t13-,14-/m0/s1. The molecule has 0 spiro atoms. The summed E-state index contributed by atoms with van der Waals surface area (Å²) in [6.07, 6.45) is -0.102. The maximum atomic E-state index is 12.7. The van der Waals surface area contributed by atoms with Crippen LogP contribution in [-0.4, -0.2) is 36.6 Å². The minimum atomic E-state index is -3.62. The molecule has 0 aliphatic rings. The Kier molecular flexibility index (Phi) is 5.74. The zero-order valence-electron chi connectivity index (χ0n) is 12.3. The fourth-order valence-corrected chi connectivity index (χ4v) is 4.29. The molecule has 0 amide bonds. The summed E-state index contributed by atoms with van der Waals surface area (Å²) in [4.78, 5) is 0.214. The highest BCUT2D eigenvalue weighted by molar-refractivity contribution is 7.92. The maximum Gasteiger partial charge on any atom is 0.183 e. The van der Waals surface area contributed by atoms with Crippen LogP contribution in [0.1, 0.15) is 33.6 Å². The normalized spacial score (nSPS) is 15.8. The molecule has 0 radical (unpaired) electrons. The largest absolute Gasteiger partial charge is 0.396 e. The molecule has 0 heterocycles. The van der Waals surface area contributed by atoms with Crippen molar-refractivity contribution in [3.05, 3.63) is 30.3 Å². The number of hydrogen-bond acceptors (Lipinski definition) is 4. The second-order valence-electron chi connectivity index (χ2n) is 5.78. The van der Waals surface area contributed by atoms with Crippen molar-refractivity contribution in [1.82, 2.24) is 0 Å². The number of sulfone groups is 1. The van der Waals surface area contributed by atoms with E-state index in [-0.39, 0.29) is 11.5 Å². The monoisotopic (exact) mass is 300 g/mol. The SMILES string of the molecule is CCC[C@@H]([C@H](O)C(C)(C)CO)S(=O)(=O)c1ccccc1. The summed E-state index contributed by atoms with van der Waals surface area (Å²) in [5.74, 6) is 0. The predicted octanol–water partition coefficient (Wildman–Crippen LogP) is 2.01. The van der Waals surface area contributed by atoms with E-state index in [1.165, 1.54) is 12.1 Å². The van der Waals surface area contributed by atoms with Gasteiger partial charge in [0.05, 0.1) is 22.9 Å². The van der Waals surface area contributed by atoms with E-state index >= 15 is 0 Å².